The number of hydrogen-bond donors (Lipinski definition) is 0. The first kappa shape index (κ1) is 21.1. The predicted octanol–water partition coefficient (Wildman–Crippen LogP) is 6.31. The highest BCUT2D eigenvalue weighted by Gasteiger charge is 2.12. The van der Waals surface area contributed by atoms with Gasteiger partial charge in [-0.05, 0) is 47.5 Å². The first-order valence-electron chi connectivity index (χ1n) is 8.39. The van der Waals surface area contributed by atoms with Crippen LogP contribution in [0.4, 0.5) is 22.7 Å². The van der Waals surface area contributed by atoms with Crippen LogP contribution in [0.5, 0.6) is 0 Å². The molecule has 0 saturated heterocycles. The molecule has 0 saturated carbocycles. The van der Waals surface area contributed by atoms with Crippen molar-refractivity contribution in [3.05, 3.63) is 102 Å². The second-order valence-electron chi connectivity index (χ2n) is 5.97. The minimum Gasteiger partial charge on any atom is -0.258 e. The normalized spacial score (nSPS) is 11.3. The molecular weight excluding hydrogens is 431 g/mol. The maximum Gasteiger partial charge on any atom is 0.288 e. The molecule has 0 heterocycles. The lowest BCUT2D eigenvalue weighted by molar-refractivity contribution is -0.384. The maximum atomic E-state index is 10.9. The molecule has 0 aliphatic heterocycles. The third-order valence-corrected chi connectivity index (χ3v) is 4.55. The van der Waals surface area contributed by atoms with Crippen LogP contribution in [0, 0.1) is 20.2 Å². The molecule has 3 aromatic carbocycles. The van der Waals surface area contributed by atoms with E-state index in [1.807, 2.05) is 0 Å². The van der Waals surface area contributed by atoms with E-state index in [1.54, 1.807) is 36.4 Å². The van der Waals surface area contributed by atoms with E-state index in [1.165, 1.54) is 36.7 Å². The topological polar surface area (TPSA) is 111 Å². The summed E-state index contributed by atoms with van der Waals surface area (Å²) in [4.78, 5) is 29.3. The van der Waals surface area contributed by atoms with Crippen LogP contribution in [-0.2, 0) is 0 Å². The van der Waals surface area contributed by atoms with Crippen molar-refractivity contribution >= 4 is 58.4 Å². The van der Waals surface area contributed by atoms with E-state index >= 15 is 0 Å². The van der Waals surface area contributed by atoms with Gasteiger partial charge in [0.2, 0.25) is 0 Å². The van der Waals surface area contributed by atoms with E-state index < -0.39 is 9.85 Å². The van der Waals surface area contributed by atoms with E-state index in [0.717, 1.165) is 0 Å². The molecule has 0 radical (unpaired) electrons. The Morgan fingerprint density at radius 2 is 1.03 bits per heavy atom. The Kier molecular flexibility index (Phi) is 6.51. The Morgan fingerprint density at radius 1 is 0.667 bits per heavy atom. The van der Waals surface area contributed by atoms with Gasteiger partial charge in [-0.25, -0.2) is 0 Å². The van der Waals surface area contributed by atoms with Crippen LogP contribution in [-0.4, -0.2) is 22.3 Å². The lowest BCUT2D eigenvalue weighted by Crippen LogP contribution is -1.91. The molecule has 0 bridgehead atoms. The van der Waals surface area contributed by atoms with Crippen molar-refractivity contribution in [2.75, 3.05) is 0 Å². The molecule has 0 aliphatic rings. The summed E-state index contributed by atoms with van der Waals surface area (Å²) in [6.45, 7) is 0. The predicted molar refractivity (Wildman–Crippen MR) is 117 cm³/mol. The summed E-state index contributed by atoms with van der Waals surface area (Å²) in [5, 5.41) is 22.0. The number of halogens is 2. The van der Waals surface area contributed by atoms with Crippen LogP contribution in [0.25, 0.3) is 0 Å². The van der Waals surface area contributed by atoms with Gasteiger partial charge in [-0.15, -0.1) is 0 Å². The van der Waals surface area contributed by atoms with Gasteiger partial charge in [0, 0.05) is 24.6 Å². The van der Waals surface area contributed by atoms with E-state index in [2.05, 4.69) is 9.98 Å². The third kappa shape index (κ3) is 5.25. The zero-order chi connectivity index (χ0) is 21.7. The fourth-order valence-corrected chi connectivity index (χ4v) is 2.80. The van der Waals surface area contributed by atoms with Gasteiger partial charge in [0.15, 0.2) is 0 Å². The second kappa shape index (κ2) is 9.25. The van der Waals surface area contributed by atoms with Gasteiger partial charge in [-0.1, -0.05) is 35.3 Å². The number of benzene rings is 3. The Morgan fingerprint density at radius 3 is 1.37 bits per heavy atom. The smallest absolute Gasteiger partial charge is 0.258 e. The van der Waals surface area contributed by atoms with E-state index in [-0.39, 0.29) is 21.4 Å². The number of nitrogens with zero attached hydrogens (tertiary/aromatic N) is 4. The molecule has 3 aromatic rings. The molecule has 0 spiro atoms. The zero-order valence-electron chi connectivity index (χ0n) is 15.1. The summed E-state index contributed by atoms with van der Waals surface area (Å²) in [6, 6.07) is 15.7. The first-order valence-corrected chi connectivity index (χ1v) is 9.15. The minimum atomic E-state index is -0.554. The Balaban J connectivity index is 1.72. The van der Waals surface area contributed by atoms with Crippen molar-refractivity contribution in [2.45, 2.75) is 0 Å². The summed E-state index contributed by atoms with van der Waals surface area (Å²) in [6.07, 6.45) is 2.99. The molecule has 0 atom stereocenters. The molecule has 0 aliphatic carbocycles. The summed E-state index contributed by atoms with van der Waals surface area (Å²) in [5.74, 6) is 0. The van der Waals surface area contributed by atoms with Crippen LogP contribution in [0.1, 0.15) is 11.1 Å². The van der Waals surface area contributed by atoms with Crippen molar-refractivity contribution in [1.29, 1.82) is 0 Å². The summed E-state index contributed by atoms with van der Waals surface area (Å²) < 4.78 is 0. The average molecular weight is 443 g/mol. The summed E-state index contributed by atoms with van der Waals surface area (Å²) >= 11 is 11.6. The van der Waals surface area contributed by atoms with Crippen LogP contribution >= 0.6 is 23.2 Å². The second-order valence-corrected chi connectivity index (χ2v) is 6.78. The Hall–Kier alpha value is -3.62. The van der Waals surface area contributed by atoms with Gasteiger partial charge in [0.1, 0.15) is 10.0 Å². The van der Waals surface area contributed by atoms with Crippen LogP contribution in [0.3, 0.4) is 0 Å². The molecular formula is C20H12Cl2N4O4. The van der Waals surface area contributed by atoms with Crippen molar-refractivity contribution < 1.29 is 9.85 Å². The van der Waals surface area contributed by atoms with E-state index in [0.29, 0.717) is 22.5 Å². The van der Waals surface area contributed by atoms with Crippen LogP contribution in [0.15, 0.2) is 70.6 Å². The number of nitro benzene ring substituents is 2. The highest BCUT2D eigenvalue weighted by molar-refractivity contribution is 6.33. The van der Waals surface area contributed by atoms with E-state index in [4.69, 9.17) is 23.2 Å². The van der Waals surface area contributed by atoms with Crippen molar-refractivity contribution in [3.63, 3.8) is 0 Å². The monoisotopic (exact) mass is 442 g/mol. The van der Waals surface area contributed by atoms with Crippen LogP contribution in [0.2, 0.25) is 10.0 Å². The number of hydrogen-bond acceptors (Lipinski definition) is 6. The number of nitro groups is 2. The number of aliphatic imine (C=N–C) groups is 2. The van der Waals surface area contributed by atoms with Gasteiger partial charge >= 0.3 is 0 Å². The molecule has 0 N–H and O–H groups in total. The fourth-order valence-electron chi connectivity index (χ4n) is 2.42. The van der Waals surface area contributed by atoms with Gasteiger partial charge in [0.05, 0.1) is 21.2 Å². The van der Waals surface area contributed by atoms with Gasteiger partial charge in [-0.3, -0.25) is 30.2 Å². The average Bonchev–Trinajstić information content (AvgIpc) is 2.73. The van der Waals surface area contributed by atoms with Gasteiger partial charge in [0.25, 0.3) is 11.4 Å². The molecule has 10 heteroatoms. The minimum absolute atomic E-state index is 0.0605. The molecule has 0 fully saturated rings. The van der Waals surface area contributed by atoms with Crippen molar-refractivity contribution in [1.82, 2.24) is 0 Å². The molecule has 150 valence electrons. The lowest BCUT2D eigenvalue weighted by Gasteiger charge is -1.99. The molecule has 0 aromatic heterocycles. The zero-order valence-corrected chi connectivity index (χ0v) is 16.6. The highest BCUT2D eigenvalue weighted by Crippen LogP contribution is 2.26. The number of rotatable bonds is 6. The Labute approximate surface area is 180 Å². The van der Waals surface area contributed by atoms with Crippen LogP contribution < -0.4 is 0 Å². The van der Waals surface area contributed by atoms with Gasteiger partial charge < -0.3 is 0 Å². The molecule has 0 unspecified atom stereocenters. The van der Waals surface area contributed by atoms with E-state index in [9.17, 15) is 20.2 Å². The molecule has 30 heavy (non-hydrogen) atoms. The molecule has 0 amide bonds. The fraction of sp³-hybridized carbons (Fsp3) is 0. The molecule has 3 rings (SSSR count). The largest absolute Gasteiger partial charge is 0.288 e. The molecule has 8 nitrogen and oxygen atoms in total. The summed E-state index contributed by atoms with van der Waals surface area (Å²) in [7, 11) is 0. The van der Waals surface area contributed by atoms with Gasteiger partial charge in [-0.2, -0.15) is 0 Å². The van der Waals surface area contributed by atoms with Crippen molar-refractivity contribution in [3.8, 4) is 0 Å². The quantitative estimate of drug-likeness (QED) is 0.252. The van der Waals surface area contributed by atoms with Crippen molar-refractivity contribution in [2.24, 2.45) is 9.98 Å². The maximum absolute atomic E-state index is 10.9. The first-order chi connectivity index (χ1) is 14.3. The third-order valence-electron chi connectivity index (χ3n) is 3.91. The standard InChI is InChI=1S/C20H12Cl2N4O4/c21-17-7-1-13(9-19(17)25(27)28)11-23-15-3-5-16(6-4-15)24-12-14-2-8-18(22)20(10-14)26(29)30/h1-12H. The summed E-state index contributed by atoms with van der Waals surface area (Å²) in [5.41, 5.74) is 1.94. The highest BCUT2D eigenvalue weighted by atomic mass is 35.5. The SMILES string of the molecule is O=[N+]([O-])c1cc(C=Nc2ccc(N=Cc3ccc(Cl)c([N+](=O)[O-])c3)cc2)ccc1Cl. The lowest BCUT2D eigenvalue weighted by atomic mass is 10.2. The Bertz CT molecular complexity index is 1090.